The Balaban J connectivity index is 1.29. The van der Waals surface area contributed by atoms with Crippen LogP contribution in [-0.2, 0) is 9.47 Å². The minimum Gasteiger partial charge on any atom is -0.474 e. The summed E-state index contributed by atoms with van der Waals surface area (Å²) in [5, 5.41) is 12.6. The van der Waals surface area contributed by atoms with Crippen LogP contribution < -0.4 is 25.2 Å². The summed E-state index contributed by atoms with van der Waals surface area (Å²) in [6, 6.07) is 3.18. The lowest BCUT2D eigenvalue weighted by molar-refractivity contribution is -0.149. The maximum absolute atomic E-state index is 13.4. The van der Waals surface area contributed by atoms with E-state index >= 15 is 0 Å². The first kappa shape index (κ1) is 27.8. The van der Waals surface area contributed by atoms with Crippen molar-refractivity contribution < 1.29 is 37.0 Å². The van der Waals surface area contributed by atoms with Gasteiger partial charge in [0.05, 0.1) is 18.3 Å². The molecule has 2 saturated heterocycles. The number of alkyl halides is 3. The number of hydrogen-bond acceptors (Lipinski definition) is 9. The molecular formula is C25H30F3N7O5. The van der Waals surface area contributed by atoms with Crippen molar-refractivity contribution in [2.75, 3.05) is 41.4 Å². The maximum Gasteiger partial charge on any atom is 0.408 e. The lowest BCUT2D eigenvalue weighted by Crippen LogP contribution is -2.56. The maximum atomic E-state index is 13.4. The smallest absolute Gasteiger partial charge is 0.408 e. The zero-order valence-corrected chi connectivity index (χ0v) is 22.2. The van der Waals surface area contributed by atoms with Crippen molar-refractivity contribution in [3.05, 3.63) is 30.0 Å². The quantitative estimate of drug-likeness (QED) is 0.543. The lowest BCUT2D eigenvalue weighted by atomic mass is 9.99. The number of aromatic nitrogens is 3. The highest BCUT2D eigenvalue weighted by atomic mass is 19.4. The van der Waals surface area contributed by atoms with Gasteiger partial charge in [-0.15, -0.1) is 10.2 Å². The van der Waals surface area contributed by atoms with E-state index < -0.39 is 29.9 Å². The van der Waals surface area contributed by atoms with Crippen LogP contribution in [0.3, 0.4) is 0 Å². The van der Waals surface area contributed by atoms with Crippen molar-refractivity contribution >= 4 is 29.3 Å². The summed E-state index contributed by atoms with van der Waals surface area (Å²) in [5.41, 5.74) is 0.387. The van der Waals surface area contributed by atoms with E-state index in [1.165, 1.54) is 17.0 Å². The molecule has 40 heavy (non-hydrogen) atoms. The second-order valence-corrected chi connectivity index (χ2v) is 10.3. The Morgan fingerprint density at radius 2 is 2.02 bits per heavy atom. The summed E-state index contributed by atoms with van der Waals surface area (Å²) < 4.78 is 55.7. The third-order valence-corrected chi connectivity index (χ3v) is 6.83. The zero-order valence-electron chi connectivity index (χ0n) is 22.2. The van der Waals surface area contributed by atoms with E-state index in [4.69, 9.17) is 14.2 Å². The third-order valence-electron chi connectivity index (χ3n) is 6.83. The van der Waals surface area contributed by atoms with Gasteiger partial charge in [-0.2, -0.15) is 13.2 Å². The molecular weight excluding hydrogens is 535 g/mol. The Labute approximate surface area is 228 Å². The fourth-order valence-electron chi connectivity index (χ4n) is 4.82. The van der Waals surface area contributed by atoms with Crippen molar-refractivity contribution in [1.82, 2.24) is 20.5 Å². The number of amides is 3. The number of nitrogens with one attached hydrogen (secondary N) is 2. The van der Waals surface area contributed by atoms with E-state index in [9.17, 15) is 22.8 Å². The molecule has 216 valence electrons. The Morgan fingerprint density at radius 3 is 2.70 bits per heavy atom. The molecule has 0 radical (unpaired) electrons. The van der Waals surface area contributed by atoms with Crippen LogP contribution in [0.25, 0.3) is 0 Å². The number of carbonyl (C=O) groups excluding carboxylic acids is 2. The van der Waals surface area contributed by atoms with Crippen LogP contribution in [0.5, 0.6) is 5.88 Å². The second-order valence-electron chi connectivity index (χ2n) is 10.3. The largest absolute Gasteiger partial charge is 0.474 e. The highest BCUT2D eigenvalue weighted by molar-refractivity contribution is 6.04. The molecule has 0 aromatic carbocycles. The Bertz CT molecular complexity index is 1260. The van der Waals surface area contributed by atoms with E-state index in [0.29, 0.717) is 25.3 Å². The van der Waals surface area contributed by atoms with Crippen LogP contribution in [0.4, 0.5) is 35.3 Å². The van der Waals surface area contributed by atoms with Crippen LogP contribution in [0, 0.1) is 0 Å². The summed E-state index contributed by atoms with van der Waals surface area (Å²) in [6.45, 7) is 6.38. The number of halogens is 3. The molecule has 2 aromatic rings. The average molecular weight is 566 g/mol. The van der Waals surface area contributed by atoms with Gasteiger partial charge >= 0.3 is 12.2 Å². The SMILES string of the molecule is CC(NC(=O)c1ccc2c(n1)N(C(=O)Nc1ccc(OCC3COC(C)(C)O3)nn1)[C@H]1CCCN2C1)C(F)(F)F. The third kappa shape index (κ3) is 6.04. The Kier molecular flexibility index (Phi) is 7.44. The molecule has 12 nitrogen and oxygen atoms in total. The topological polar surface area (TPSA) is 131 Å². The number of pyridine rings is 1. The van der Waals surface area contributed by atoms with Crippen LogP contribution in [0.15, 0.2) is 24.3 Å². The normalized spacial score (nSPS) is 22.4. The molecule has 3 aliphatic rings. The van der Waals surface area contributed by atoms with E-state index in [1.807, 2.05) is 24.1 Å². The highest BCUT2D eigenvalue weighted by Gasteiger charge is 2.40. The van der Waals surface area contributed by atoms with Gasteiger partial charge in [-0.25, -0.2) is 9.78 Å². The molecule has 2 unspecified atom stereocenters. The van der Waals surface area contributed by atoms with Gasteiger partial charge in [0.2, 0.25) is 5.88 Å². The molecule has 3 aliphatic heterocycles. The van der Waals surface area contributed by atoms with Crippen molar-refractivity contribution in [2.24, 2.45) is 0 Å². The predicted molar refractivity (Wildman–Crippen MR) is 136 cm³/mol. The molecule has 2 aromatic heterocycles. The van der Waals surface area contributed by atoms with Gasteiger partial charge in [-0.1, -0.05) is 0 Å². The predicted octanol–water partition coefficient (Wildman–Crippen LogP) is 3.10. The number of urea groups is 1. The first-order valence-corrected chi connectivity index (χ1v) is 12.9. The number of rotatable bonds is 6. The Morgan fingerprint density at radius 1 is 1.23 bits per heavy atom. The molecule has 3 amide bonds. The number of carbonyl (C=O) groups is 2. The van der Waals surface area contributed by atoms with Crippen molar-refractivity contribution in [3.63, 3.8) is 0 Å². The summed E-state index contributed by atoms with van der Waals surface area (Å²) >= 11 is 0. The summed E-state index contributed by atoms with van der Waals surface area (Å²) in [4.78, 5) is 33.8. The number of piperidine rings is 1. The van der Waals surface area contributed by atoms with E-state index in [1.54, 1.807) is 12.1 Å². The standard InChI is InChI=1S/C25H30F3N7O5/c1-14(25(26,27)28)29-22(36)17-6-7-18-21(30-17)35(15-5-4-10-34(18)11-15)23(37)31-19-8-9-20(33-32-19)38-12-16-13-39-24(2,3)40-16/h6-9,14-16H,4-5,10-13H2,1-3H3,(H,29,36)(H,31,32,37)/t14?,15-,16?/m0/s1. The summed E-state index contributed by atoms with van der Waals surface area (Å²) in [5.74, 6) is -1.07. The fourth-order valence-corrected chi connectivity index (χ4v) is 4.82. The molecule has 2 fully saturated rings. The van der Waals surface area contributed by atoms with Crippen molar-refractivity contribution in [1.29, 1.82) is 0 Å². The molecule has 5 rings (SSSR count). The summed E-state index contributed by atoms with van der Waals surface area (Å²) in [7, 11) is 0. The molecule has 15 heteroatoms. The van der Waals surface area contributed by atoms with E-state index in [0.717, 1.165) is 19.9 Å². The Hall–Kier alpha value is -3.72. The van der Waals surface area contributed by atoms with Gasteiger partial charge in [-0.05, 0) is 51.8 Å². The van der Waals surface area contributed by atoms with E-state index in [-0.39, 0.29) is 42.0 Å². The van der Waals surface area contributed by atoms with Gasteiger partial charge in [0, 0.05) is 19.2 Å². The fraction of sp³-hybridized carbons (Fsp3) is 0.560. The minimum absolute atomic E-state index is 0.159. The second kappa shape index (κ2) is 10.7. The van der Waals surface area contributed by atoms with Gasteiger partial charge in [0.15, 0.2) is 17.4 Å². The van der Waals surface area contributed by atoms with Crippen LogP contribution >= 0.6 is 0 Å². The van der Waals surface area contributed by atoms with Gasteiger partial charge < -0.3 is 24.4 Å². The molecule has 3 atom stereocenters. The molecule has 0 spiro atoms. The minimum atomic E-state index is -4.60. The highest BCUT2D eigenvalue weighted by Crippen LogP contribution is 2.38. The number of fused-ring (bicyclic) bond motifs is 4. The van der Waals surface area contributed by atoms with Crippen molar-refractivity contribution in [3.8, 4) is 5.88 Å². The molecule has 0 saturated carbocycles. The average Bonchev–Trinajstić information content (AvgIpc) is 3.26. The zero-order chi connectivity index (χ0) is 28.7. The van der Waals surface area contributed by atoms with Crippen LogP contribution in [-0.4, -0.2) is 83.6 Å². The number of hydrogen-bond donors (Lipinski definition) is 2. The van der Waals surface area contributed by atoms with Crippen LogP contribution in [0.1, 0.15) is 44.1 Å². The molecule has 2 bridgehead atoms. The number of anilines is 3. The first-order valence-electron chi connectivity index (χ1n) is 12.9. The number of ether oxygens (including phenoxy) is 3. The number of nitrogens with zero attached hydrogens (tertiary/aromatic N) is 5. The molecule has 5 heterocycles. The molecule has 2 N–H and O–H groups in total. The summed E-state index contributed by atoms with van der Waals surface area (Å²) in [6.07, 6.45) is -3.33. The van der Waals surface area contributed by atoms with Gasteiger partial charge in [0.25, 0.3) is 5.91 Å². The molecule has 0 aliphatic carbocycles. The van der Waals surface area contributed by atoms with Gasteiger partial charge in [-0.3, -0.25) is 15.0 Å². The van der Waals surface area contributed by atoms with Crippen molar-refractivity contribution in [2.45, 2.75) is 63.8 Å². The lowest BCUT2D eigenvalue weighted by Gasteiger charge is -2.45. The van der Waals surface area contributed by atoms with E-state index in [2.05, 4.69) is 20.5 Å². The van der Waals surface area contributed by atoms with Crippen LogP contribution in [0.2, 0.25) is 0 Å². The van der Waals surface area contributed by atoms with Gasteiger partial charge in [0.1, 0.15) is 24.4 Å². The first-order chi connectivity index (χ1) is 18.9. The monoisotopic (exact) mass is 565 g/mol.